The van der Waals surface area contributed by atoms with Crippen LogP contribution in [-0.4, -0.2) is 31.6 Å². The van der Waals surface area contributed by atoms with Crippen LogP contribution in [0.5, 0.6) is 0 Å². The molecule has 0 aliphatic carbocycles. The van der Waals surface area contributed by atoms with Crippen molar-refractivity contribution in [2.45, 2.75) is 38.9 Å². The summed E-state index contributed by atoms with van der Waals surface area (Å²) in [7, 11) is 0. The Morgan fingerprint density at radius 3 is 2.00 bits per heavy atom. The minimum Gasteiger partial charge on any atom is -0.622 e. The maximum absolute atomic E-state index is 12.4. The molecule has 0 saturated carbocycles. The predicted molar refractivity (Wildman–Crippen MR) is 71.5 cm³/mol. The molecule has 1 aromatic carbocycles. The van der Waals surface area contributed by atoms with Crippen molar-refractivity contribution >= 4 is 11.4 Å². The zero-order valence-corrected chi connectivity index (χ0v) is 11.8. The highest BCUT2D eigenvalue weighted by Crippen LogP contribution is 2.35. The van der Waals surface area contributed by atoms with E-state index in [-0.39, 0.29) is 5.69 Å². The number of nitro benzene ring substituents is 1. The van der Waals surface area contributed by atoms with Crippen LogP contribution in [0.4, 0.5) is 5.69 Å². The molecule has 0 aromatic heterocycles. The van der Waals surface area contributed by atoms with Gasteiger partial charge in [0.1, 0.15) is 5.54 Å². The first-order valence-corrected chi connectivity index (χ1v) is 6.17. The van der Waals surface area contributed by atoms with Crippen LogP contribution >= 0.6 is 0 Å². The van der Waals surface area contributed by atoms with E-state index in [1.807, 2.05) is 0 Å². The van der Waals surface area contributed by atoms with Crippen molar-refractivity contribution in [1.82, 2.24) is 5.06 Å². The lowest BCUT2D eigenvalue weighted by Crippen LogP contribution is -2.50. The molecule has 1 aliphatic heterocycles. The molecule has 0 amide bonds. The molecule has 0 saturated heterocycles. The van der Waals surface area contributed by atoms with E-state index in [0.29, 0.717) is 16.0 Å². The average molecular weight is 278 g/mol. The van der Waals surface area contributed by atoms with Gasteiger partial charge in [-0.05, 0) is 26.0 Å². The van der Waals surface area contributed by atoms with E-state index in [1.165, 1.54) is 24.3 Å². The van der Waals surface area contributed by atoms with Gasteiger partial charge in [-0.2, -0.15) is 4.74 Å². The van der Waals surface area contributed by atoms with E-state index < -0.39 is 16.1 Å². The lowest BCUT2D eigenvalue weighted by Gasteiger charge is -2.27. The smallest absolute Gasteiger partial charge is 0.269 e. The lowest BCUT2D eigenvalue weighted by molar-refractivity contribution is -0.586. The maximum atomic E-state index is 12.4. The molecule has 0 fully saturated rings. The van der Waals surface area contributed by atoms with Gasteiger partial charge in [-0.25, -0.2) is 0 Å². The first-order valence-electron chi connectivity index (χ1n) is 6.17. The molecular formula is C13H16N3O4. The van der Waals surface area contributed by atoms with Gasteiger partial charge in [-0.3, -0.25) is 10.1 Å². The third-order valence-electron chi connectivity index (χ3n) is 3.64. The number of nitro groups is 1. The number of hydrogen-bond donors (Lipinski definition) is 0. The fourth-order valence-corrected chi connectivity index (χ4v) is 2.60. The number of nitrogens with zero attached hydrogens (tertiary/aromatic N) is 3. The summed E-state index contributed by atoms with van der Waals surface area (Å²) in [4.78, 5) is 10.1. The van der Waals surface area contributed by atoms with E-state index in [4.69, 9.17) is 0 Å². The number of hydroxylamine groups is 3. The van der Waals surface area contributed by atoms with E-state index in [2.05, 4.69) is 0 Å². The first kappa shape index (κ1) is 14.4. The number of benzene rings is 1. The van der Waals surface area contributed by atoms with Crippen LogP contribution in [-0.2, 0) is 5.21 Å². The Balaban J connectivity index is 2.56. The van der Waals surface area contributed by atoms with Crippen molar-refractivity contribution in [1.29, 1.82) is 0 Å². The summed E-state index contributed by atoms with van der Waals surface area (Å²) in [6, 6.07) is 5.64. The second-order valence-electron chi connectivity index (χ2n) is 5.79. The van der Waals surface area contributed by atoms with Gasteiger partial charge < -0.3 is 5.21 Å². The highest BCUT2D eigenvalue weighted by Gasteiger charge is 2.58. The third kappa shape index (κ3) is 1.86. The Kier molecular flexibility index (Phi) is 3.07. The van der Waals surface area contributed by atoms with Gasteiger partial charge in [0.2, 0.25) is 11.4 Å². The molecule has 1 aromatic rings. The summed E-state index contributed by atoms with van der Waals surface area (Å²) in [6.45, 7) is 6.42. The van der Waals surface area contributed by atoms with Gasteiger partial charge in [-0.15, -0.1) is 5.21 Å². The monoisotopic (exact) mass is 278 g/mol. The molecule has 7 heteroatoms. The van der Waals surface area contributed by atoms with Crippen LogP contribution in [0.25, 0.3) is 0 Å². The Morgan fingerprint density at radius 1 is 1.15 bits per heavy atom. The molecule has 1 aliphatic rings. The molecule has 1 heterocycles. The van der Waals surface area contributed by atoms with Crippen molar-refractivity contribution in [3.8, 4) is 0 Å². The number of rotatable bonds is 2. The fraction of sp³-hybridized carbons (Fsp3) is 0.462. The number of hydrogen-bond acceptors (Lipinski definition) is 4. The second kappa shape index (κ2) is 4.26. The van der Waals surface area contributed by atoms with E-state index in [0.717, 1.165) is 5.06 Å². The van der Waals surface area contributed by atoms with Gasteiger partial charge in [0, 0.05) is 31.5 Å². The third-order valence-corrected chi connectivity index (χ3v) is 3.64. The first-order chi connectivity index (χ1) is 9.10. The molecule has 107 valence electrons. The van der Waals surface area contributed by atoms with Gasteiger partial charge >= 0.3 is 0 Å². The standard InChI is InChI=1S/C13H16N3O4/c1-12(2)11(14(17)13(3,4)16(12)20)9-5-7-10(8-6-9)15(18)19/h5-8H,1-4H3. The van der Waals surface area contributed by atoms with Crippen molar-refractivity contribution < 1.29 is 14.9 Å². The zero-order chi connectivity index (χ0) is 15.3. The summed E-state index contributed by atoms with van der Waals surface area (Å²) in [5, 5.41) is 36.0. The maximum Gasteiger partial charge on any atom is 0.269 e. The molecule has 0 N–H and O–H groups in total. The van der Waals surface area contributed by atoms with Gasteiger partial charge in [0.25, 0.3) is 5.69 Å². The predicted octanol–water partition coefficient (Wildman–Crippen LogP) is 2.07. The summed E-state index contributed by atoms with van der Waals surface area (Å²) >= 11 is 0. The summed E-state index contributed by atoms with van der Waals surface area (Å²) in [6.07, 6.45) is 0. The summed E-state index contributed by atoms with van der Waals surface area (Å²) in [5.41, 5.74) is -1.43. The Labute approximate surface area is 116 Å². The molecule has 7 nitrogen and oxygen atoms in total. The highest BCUT2D eigenvalue weighted by molar-refractivity contribution is 6.04. The zero-order valence-electron chi connectivity index (χ0n) is 11.8. The molecule has 1 radical (unpaired) electrons. The van der Waals surface area contributed by atoms with Crippen LogP contribution in [0.15, 0.2) is 24.3 Å². The largest absolute Gasteiger partial charge is 0.622 e. The SMILES string of the molecule is CC1(C)C(c2ccc([N+](=O)[O-])cc2)=[N+]([O-])C(C)(C)N1[O]. The Hall–Kier alpha value is -1.99. The van der Waals surface area contributed by atoms with E-state index >= 15 is 0 Å². The van der Waals surface area contributed by atoms with Crippen LogP contribution in [0.3, 0.4) is 0 Å². The quantitative estimate of drug-likeness (QED) is 0.358. The van der Waals surface area contributed by atoms with Crippen molar-refractivity contribution in [2.24, 2.45) is 0 Å². The van der Waals surface area contributed by atoms with Crippen molar-refractivity contribution in [2.75, 3.05) is 0 Å². The molecule has 20 heavy (non-hydrogen) atoms. The number of non-ortho nitro benzene ring substituents is 1. The molecule has 0 spiro atoms. The Morgan fingerprint density at radius 2 is 1.65 bits per heavy atom. The highest BCUT2D eigenvalue weighted by atomic mass is 16.6. The fourth-order valence-electron chi connectivity index (χ4n) is 2.60. The van der Waals surface area contributed by atoms with Gasteiger partial charge in [-0.1, -0.05) is 5.06 Å². The molecule has 2 rings (SSSR count). The second-order valence-corrected chi connectivity index (χ2v) is 5.79. The van der Waals surface area contributed by atoms with E-state index in [9.17, 15) is 20.5 Å². The Bertz CT molecular complexity index is 590. The molecular weight excluding hydrogens is 262 g/mol. The minimum absolute atomic E-state index is 0.0548. The van der Waals surface area contributed by atoms with Gasteiger partial charge in [0.15, 0.2) is 0 Å². The van der Waals surface area contributed by atoms with Crippen LogP contribution < -0.4 is 0 Å². The summed E-state index contributed by atoms with van der Waals surface area (Å²) in [5.74, 6) is 0. The van der Waals surface area contributed by atoms with Crippen LogP contribution in [0, 0.1) is 15.3 Å². The van der Waals surface area contributed by atoms with Crippen molar-refractivity contribution in [3.05, 3.63) is 45.2 Å². The molecule has 0 bridgehead atoms. The molecule has 0 unspecified atom stereocenters. The van der Waals surface area contributed by atoms with Crippen LogP contribution in [0.2, 0.25) is 0 Å². The molecule has 0 atom stereocenters. The van der Waals surface area contributed by atoms with E-state index in [1.54, 1.807) is 27.7 Å². The van der Waals surface area contributed by atoms with Gasteiger partial charge in [0.05, 0.1) is 4.92 Å². The van der Waals surface area contributed by atoms with Crippen LogP contribution in [0.1, 0.15) is 33.3 Å². The summed E-state index contributed by atoms with van der Waals surface area (Å²) < 4.78 is 0.682. The van der Waals surface area contributed by atoms with Crippen molar-refractivity contribution in [3.63, 3.8) is 0 Å². The minimum atomic E-state index is -1.21. The average Bonchev–Trinajstić information content (AvgIpc) is 2.48. The lowest BCUT2D eigenvalue weighted by atomic mass is 9.92. The topological polar surface area (TPSA) is 92.3 Å². The normalized spacial score (nSPS) is 21.2.